The molecule has 0 saturated heterocycles. The molecule has 5 nitrogen and oxygen atoms in total. The summed E-state index contributed by atoms with van der Waals surface area (Å²) < 4.78 is 61.1. The Morgan fingerprint density at radius 1 is 1.00 bits per heavy atom. The average Bonchev–Trinajstić information content (AvgIpc) is 3.16. The van der Waals surface area contributed by atoms with E-state index in [9.17, 15) is 26.5 Å². The van der Waals surface area contributed by atoms with Crippen LogP contribution in [-0.4, -0.2) is 30.8 Å². The number of benzene rings is 3. The van der Waals surface area contributed by atoms with Crippen molar-refractivity contribution in [1.82, 2.24) is 0 Å². The molecule has 0 fully saturated rings. The summed E-state index contributed by atoms with van der Waals surface area (Å²) in [6.45, 7) is 2.46. The number of hydrogen-bond donors (Lipinski definition) is 0. The van der Waals surface area contributed by atoms with Crippen LogP contribution >= 0.6 is 11.3 Å². The van der Waals surface area contributed by atoms with Crippen LogP contribution in [0.3, 0.4) is 0 Å². The molecule has 172 valence electrons. The molecule has 0 saturated carbocycles. The fourth-order valence-electron chi connectivity index (χ4n) is 3.03. The van der Waals surface area contributed by atoms with Crippen molar-refractivity contribution in [2.24, 2.45) is 0 Å². The van der Waals surface area contributed by atoms with Crippen molar-refractivity contribution < 1.29 is 31.3 Å². The molecular formula is C24H20F2O5S2. The van der Waals surface area contributed by atoms with E-state index < -0.39 is 27.9 Å². The number of ether oxygens (including phenoxy) is 1. The number of thiophene rings is 1. The van der Waals surface area contributed by atoms with Crippen molar-refractivity contribution in [2.75, 3.05) is 6.61 Å². The summed E-state index contributed by atoms with van der Waals surface area (Å²) in [5.41, 5.74) is 2.46. The lowest BCUT2D eigenvalue weighted by atomic mass is 10.00. The Morgan fingerprint density at radius 2 is 1.61 bits per heavy atom. The third kappa shape index (κ3) is 5.62. The Balaban J connectivity index is 0.000000197. The standard InChI is InChI=1S/C18H12S.C6H8F2O5S/c1-2-7-13(8-3-1)14-10-6-12-17-18(14)15-9-4-5-11-16(15)19-17;1-4(2)5(9)13-3-6(7,8)14(10,11)12/h1-12H;1,3H2,2H3,(H,10,11,12). The Kier molecular flexibility index (Phi) is 7.26. The lowest BCUT2D eigenvalue weighted by Gasteiger charge is -2.19. The van der Waals surface area contributed by atoms with E-state index in [0.717, 1.165) is 0 Å². The highest BCUT2D eigenvalue weighted by atomic mass is 32.2. The number of fused-ring (bicyclic) bond motifs is 3. The summed E-state index contributed by atoms with van der Waals surface area (Å²) in [7, 11) is -5.81. The first-order valence-electron chi connectivity index (χ1n) is 9.67. The summed E-state index contributed by atoms with van der Waals surface area (Å²) in [5, 5.41) is -1.82. The molecule has 33 heavy (non-hydrogen) atoms. The van der Waals surface area contributed by atoms with Crippen LogP contribution in [0.1, 0.15) is 6.92 Å². The molecule has 0 aliphatic rings. The first-order chi connectivity index (χ1) is 15.5. The van der Waals surface area contributed by atoms with E-state index in [4.69, 9.17) is 0 Å². The molecule has 4 rings (SSSR count). The minimum absolute atomic E-state index is 0.177. The summed E-state index contributed by atoms with van der Waals surface area (Å²) in [5.74, 6) is -1.19. The van der Waals surface area contributed by atoms with Gasteiger partial charge in [0.25, 0.3) is 0 Å². The topological polar surface area (TPSA) is 83.5 Å². The lowest BCUT2D eigenvalue weighted by Crippen LogP contribution is -2.34. The normalized spacial score (nSPS) is 11.6. The molecule has 4 aromatic rings. The highest BCUT2D eigenvalue weighted by Gasteiger charge is 2.39. The second-order valence-electron chi connectivity index (χ2n) is 7.14. The van der Waals surface area contributed by atoms with Crippen LogP contribution in [0.25, 0.3) is 31.3 Å². The molecule has 3 aromatic carbocycles. The Bertz CT molecular complexity index is 1410. The van der Waals surface area contributed by atoms with E-state index in [-0.39, 0.29) is 5.57 Å². The van der Waals surface area contributed by atoms with E-state index in [0.29, 0.717) is 0 Å². The monoisotopic (exact) mass is 490 g/mol. The third-order valence-corrected chi connectivity index (χ3v) is 6.72. The molecule has 0 radical (unpaired) electrons. The minimum atomic E-state index is -5.81. The summed E-state index contributed by atoms with van der Waals surface area (Å²) >= 11 is 1.33. The van der Waals surface area contributed by atoms with Crippen LogP contribution in [0.5, 0.6) is 0 Å². The smallest absolute Gasteiger partial charge is 0.367 e. The quantitative estimate of drug-likeness (QED) is 0.155. The van der Waals surface area contributed by atoms with Gasteiger partial charge < -0.3 is 9.29 Å². The summed E-state index contributed by atoms with van der Waals surface area (Å²) in [6, 6.07) is 26.0. The largest absolute Gasteiger partial charge is 0.743 e. The van der Waals surface area contributed by atoms with Gasteiger partial charge in [0.2, 0.25) is 0 Å². The Morgan fingerprint density at radius 3 is 2.24 bits per heavy atom. The van der Waals surface area contributed by atoms with Gasteiger partial charge in [0.15, 0.2) is 26.1 Å². The predicted octanol–water partition coefficient (Wildman–Crippen LogP) is 5.70. The highest BCUT2D eigenvalue weighted by molar-refractivity contribution is 7.86. The second-order valence-corrected chi connectivity index (χ2v) is 9.84. The van der Waals surface area contributed by atoms with Crippen molar-refractivity contribution in [3.05, 3.63) is 84.9 Å². The fraction of sp³-hybridized carbons (Fsp3) is 0.125. The Hall–Kier alpha value is -3.14. The molecule has 0 unspecified atom stereocenters. The zero-order valence-corrected chi connectivity index (χ0v) is 19.2. The zero-order valence-electron chi connectivity index (χ0n) is 17.5. The molecule has 0 N–H and O–H groups in total. The molecule has 0 atom stereocenters. The van der Waals surface area contributed by atoms with Crippen molar-refractivity contribution in [1.29, 1.82) is 0 Å². The van der Waals surface area contributed by atoms with E-state index in [1.807, 2.05) is 0 Å². The van der Waals surface area contributed by atoms with Crippen molar-refractivity contribution in [2.45, 2.75) is 12.2 Å². The van der Waals surface area contributed by atoms with E-state index in [1.165, 1.54) is 49.6 Å². The van der Waals surface area contributed by atoms with E-state index >= 15 is 0 Å². The molecule has 0 aliphatic carbocycles. The van der Waals surface area contributed by atoms with Gasteiger partial charge in [0, 0.05) is 11.0 Å². The van der Waals surface area contributed by atoms with Crippen LogP contribution in [-0.2, 0) is 19.6 Å². The summed E-state index contributed by atoms with van der Waals surface area (Å²) in [6.07, 6.45) is 0. The first kappa shape index (κ1) is 24.5. The van der Waals surface area contributed by atoms with Crippen LogP contribution in [0.2, 0.25) is 0 Å². The second kappa shape index (κ2) is 9.78. The number of carbonyl (C=O) groups excluding carboxylic acids is 1. The van der Waals surface area contributed by atoms with E-state index in [2.05, 4.69) is 84.1 Å². The molecular weight excluding hydrogens is 470 g/mol. The molecule has 9 heteroatoms. The van der Waals surface area contributed by atoms with Crippen LogP contribution in [0.4, 0.5) is 8.78 Å². The summed E-state index contributed by atoms with van der Waals surface area (Å²) in [4.78, 5) is 10.6. The fourth-order valence-corrected chi connectivity index (χ4v) is 4.48. The first-order valence-corrected chi connectivity index (χ1v) is 12.0. The third-order valence-electron chi connectivity index (χ3n) is 4.63. The molecule has 0 bridgehead atoms. The molecule has 0 aliphatic heterocycles. The molecule has 1 aromatic heterocycles. The van der Waals surface area contributed by atoms with Crippen molar-refractivity contribution in [3.63, 3.8) is 0 Å². The number of rotatable bonds is 5. The SMILES string of the molecule is C=C(C)C(=O)OCC(F)(F)S(=O)(=O)[O-].c1ccc(-c2cccc3[sH+]c4ccccc4c23)cc1. The van der Waals surface area contributed by atoms with Gasteiger partial charge in [-0.05, 0) is 47.6 Å². The number of halogens is 2. The number of carbonyl (C=O) groups is 1. The van der Waals surface area contributed by atoms with Gasteiger partial charge in [0.05, 0.1) is 5.39 Å². The van der Waals surface area contributed by atoms with Gasteiger partial charge in [-0.2, -0.15) is 8.78 Å². The number of esters is 1. The maximum Gasteiger partial charge on any atom is 0.367 e. The van der Waals surface area contributed by atoms with Crippen molar-refractivity contribution in [3.8, 4) is 11.1 Å². The van der Waals surface area contributed by atoms with Crippen LogP contribution < -0.4 is 0 Å². The lowest BCUT2D eigenvalue weighted by molar-refractivity contribution is -0.144. The number of alkyl halides is 2. The molecule has 1 heterocycles. The minimum Gasteiger partial charge on any atom is -0.743 e. The molecule has 0 spiro atoms. The zero-order chi connectivity index (χ0) is 24.2. The van der Waals surface area contributed by atoms with Gasteiger partial charge in [-0.1, -0.05) is 61.2 Å². The maximum atomic E-state index is 12.3. The van der Waals surface area contributed by atoms with Crippen molar-refractivity contribution >= 4 is 47.6 Å². The van der Waals surface area contributed by atoms with Crippen LogP contribution in [0.15, 0.2) is 84.9 Å². The van der Waals surface area contributed by atoms with Gasteiger partial charge in [-0.25, -0.2) is 13.2 Å². The maximum absolute atomic E-state index is 12.3. The van der Waals surface area contributed by atoms with Gasteiger partial charge in [-0.3, -0.25) is 0 Å². The number of hydrogen-bond acceptors (Lipinski definition) is 5. The van der Waals surface area contributed by atoms with Crippen LogP contribution in [0, 0.1) is 0 Å². The average molecular weight is 491 g/mol. The van der Waals surface area contributed by atoms with E-state index in [1.54, 1.807) is 0 Å². The Labute approximate surface area is 193 Å². The predicted molar refractivity (Wildman–Crippen MR) is 127 cm³/mol. The van der Waals surface area contributed by atoms with Gasteiger partial charge in [-0.15, -0.1) is 0 Å². The van der Waals surface area contributed by atoms with Gasteiger partial charge >= 0.3 is 11.2 Å². The highest BCUT2D eigenvalue weighted by Crippen LogP contribution is 2.39. The van der Waals surface area contributed by atoms with Gasteiger partial charge in [0.1, 0.15) is 0 Å². The molecule has 0 amide bonds.